The lowest BCUT2D eigenvalue weighted by Crippen LogP contribution is -2.37. The van der Waals surface area contributed by atoms with E-state index < -0.39 is 39.1 Å². The summed E-state index contributed by atoms with van der Waals surface area (Å²) >= 11 is 0. The van der Waals surface area contributed by atoms with Gasteiger partial charge in [0.05, 0.1) is 17.0 Å². The van der Waals surface area contributed by atoms with E-state index in [9.17, 15) is 26.4 Å². The molecule has 9 heteroatoms. The zero-order chi connectivity index (χ0) is 20.9. The van der Waals surface area contributed by atoms with Crippen LogP contribution in [0, 0.1) is 0 Å². The molecule has 0 saturated heterocycles. The van der Waals surface area contributed by atoms with Gasteiger partial charge in [-0.05, 0) is 35.7 Å². The van der Waals surface area contributed by atoms with Crippen LogP contribution in [0.2, 0.25) is 0 Å². The largest absolute Gasteiger partial charge is 0.416 e. The number of hydrogen-bond donors (Lipinski definition) is 1. The quantitative estimate of drug-likeness (QED) is 0.757. The summed E-state index contributed by atoms with van der Waals surface area (Å²) in [7, 11) is -2.73. The summed E-state index contributed by atoms with van der Waals surface area (Å²) in [6, 6.07) is 11.0. The first-order valence-electron chi connectivity index (χ1n) is 8.51. The summed E-state index contributed by atoms with van der Waals surface area (Å²) in [6.07, 6.45) is -3.76. The Bertz CT molecular complexity index is 926. The highest BCUT2D eigenvalue weighted by Gasteiger charge is 2.31. The number of alkyl halides is 3. The molecule has 0 atom stereocenters. The monoisotopic (exact) mass is 414 g/mol. The summed E-state index contributed by atoms with van der Waals surface area (Å²) in [5.41, 5.74) is 0.967. The van der Waals surface area contributed by atoms with Crippen LogP contribution < -0.4 is 4.72 Å². The van der Waals surface area contributed by atoms with Gasteiger partial charge in [-0.25, -0.2) is 13.1 Å². The molecular formula is C19H21F3N2O3S. The van der Waals surface area contributed by atoms with Crippen molar-refractivity contribution in [3.63, 3.8) is 0 Å². The van der Waals surface area contributed by atoms with Gasteiger partial charge in [-0.1, -0.05) is 37.3 Å². The number of carbonyl (C=O) groups is 1. The normalized spacial score (nSPS) is 12.0. The van der Waals surface area contributed by atoms with Crippen molar-refractivity contribution in [2.75, 3.05) is 13.6 Å². The van der Waals surface area contributed by atoms with Gasteiger partial charge in [-0.3, -0.25) is 4.79 Å². The Morgan fingerprint density at radius 1 is 1.07 bits per heavy atom. The molecule has 0 aliphatic carbocycles. The highest BCUT2D eigenvalue weighted by Crippen LogP contribution is 2.30. The number of aryl methyl sites for hydroxylation is 1. The average molecular weight is 414 g/mol. The van der Waals surface area contributed by atoms with Crippen LogP contribution in [0.15, 0.2) is 53.4 Å². The Morgan fingerprint density at radius 3 is 2.25 bits per heavy atom. The van der Waals surface area contributed by atoms with E-state index in [2.05, 4.69) is 4.72 Å². The van der Waals surface area contributed by atoms with Crippen molar-refractivity contribution in [1.82, 2.24) is 9.62 Å². The summed E-state index contributed by atoms with van der Waals surface area (Å²) < 4.78 is 64.8. The number of rotatable bonds is 7. The average Bonchev–Trinajstić information content (AvgIpc) is 2.66. The number of carbonyl (C=O) groups excluding carboxylic acids is 1. The van der Waals surface area contributed by atoms with Crippen LogP contribution in [0.25, 0.3) is 0 Å². The Balaban J connectivity index is 2.00. The van der Waals surface area contributed by atoms with Crippen LogP contribution in [-0.2, 0) is 34.0 Å². The summed E-state index contributed by atoms with van der Waals surface area (Å²) in [4.78, 5) is 13.0. The third-order valence-corrected chi connectivity index (χ3v) is 5.56. The molecule has 0 unspecified atom stereocenters. The molecule has 0 saturated carbocycles. The van der Waals surface area contributed by atoms with Crippen LogP contribution in [-0.4, -0.2) is 32.8 Å². The van der Waals surface area contributed by atoms with Gasteiger partial charge in [-0.15, -0.1) is 0 Å². The van der Waals surface area contributed by atoms with Crippen molar-refractivity contribution < 1.29 is 26.4 Å². The number of benzene rings is 2. The molecule has 1 N–H and O–H groups in total. The molecule has 152 valence electrons. The number of nitrogens with zero attached hydrogens (tertiary/aromatic N) is 1. The van der Waals surface area contributed by atoms with Gasteiger partial charge >= 0.3 is 6.18 Å². The second-order valence-corrected chi connectivity index (χ2v) is 8.04. The van der Waals surface area contributed by atoms with Crippen molar-refractivity contribution in [3.8, 4) is 0 Å². The first-order chi connectivity index (χ1) is 13.0. The van der Waals surface area contributed by atoms with Crippen molar-refractivity contribution in [2.45, 2.75) is 31.0 Å². The molecule has 5 nitrogen and oxygen atoms in total. The molecule has 0 aliphatic rings. The van der Waals surface area contributed by atoms with E-state index in [1.54, 1.807) is 0 Å². The van der Waals surface area contributed by atoms with Crippen LogP contribution >= 0.6 is 0 Å². The van der Waals surface area contributed by atoms with E-state index >= 15 is 0 Å². The molecule has 2 aromatic carbocycles. The lowest BCUT2D eigenvalue weighted by Gasteiger charge is -2.18. The fraction of sp³-hybridized carbons (Fsp3) is 0.316. The van der Waals surface area contributed by atoms with E-state index in [1.165, 1.54) is 11.9 Å². The van der Waals surface area contributed by atoms with Crippen LogP contribution in [0.5, 0.6) is 0 Å². The molecule has 0 radical (unpaired) electrons. The number of sulfonamides is 1. The van der Waals surface area contributed by atoms with Gasteiger partial charge in [0.1, 0.15) is 0 Å². The molecule has 2 rings (SSSR count). The second kappa shape index (κ2) is 8.74. The summed E-state index contributed by atoms with van der Waals surface area (Å²) in [5.74, 6) is -0.505. The molecule has 28 heavy (non-hydrogen) atoms. The van der Waals surface area contributed by atoms with Gasteiger partial charge in [0, 0.05) is 13.6 Å². The van der Waals surface area contributed by atoms with Crippen LogP contribution in [0.1, 0.15) is 23.6 Å². The second-order valence-electron chi connectivity index (χ2n) is 6.27. The van der Waals surface area contributed by atoms with Crippen molar-refractivity contribution >= 4 is 15.9 Å². The molecule has 0 aromatic heterocycles. The smallest absolute Gasteiger partial charge is 0.340 e. The molecule has 2 aromatic rings. The maximum absolute atomic E-state index is 12.8. The molecule has 0 fully saturated rings. The highest BCUT2D eigenvalue weighted by molar-refractivity contribution is 7.89. The summed E-state index contributed by atoms with van der Waals surface area (Å²) in [6.45, 7) is 1.76. The first-order valence-corrected chi connectivity index (χ1v) is 10.00. The van der Waals surface area contributed by atoms with E-state index in [1.807, 2.05) is 31.2 Å². The third kappa shape index (κ3) is 5.80. The van der Waals surface area contributed by atoms with Crippen LogP contribution in [0.3, 0.4) is 0 Å². The Labute approximate surface area is 162 Å². The molecule has 0 spiro atoms. The zero-order valence-electron chi connectivity index (χ0n) is 15.5. The third-order valence-electron chi connectivity index (χ3n) is 4.16. The lowest BCUT2D eigenvalue weighted by atomic mass is 10.1. The van der Waals surface area contributed by atoms with Gasteiger partial charge in [0.2, 0.25) is 15.9 Å². The van der Waals surface area contributed by atoms with E-state index in [4.69, 9.17) is 0 Å². The topological polar surface area (TPSA) is 66.5 Å². The van der Waals surface area contributed by atoms with Crippen molar-refractivity contribution in [2.24, 2.45) is 0 Å². The van der Waals surface area contributed by atoms with E-state index in [-0.39, 0.29) is 6.54 Å². The maximum atomic E-state index is 12.8. The first kappa shape index (κ1) is 21.9. The van der Waals surface area contributed by atoms with Crippen molar-refractivity contribution in [3.05, 3.63) is 65.2 Å². The fourth-order valence-electron chi connectivity index (χ4n) is 2.46. The predicted molar refractivity (Wildman–Crippen MR) is 98.9 cm³/mol. The van der Waals surface area contributed by atoms with E-state index in [0.29, 0.717) is 6.07 Å². The fourth-order valence-corrected chi connectivity index (χ4v) is 3.48. The molecule has 0 bridgehead atoms. The number of amides is 1. The number of nitrogens with one attached hydrogen (secondary N) is 1. The van der Waals surface area contributed by atoms with E-state index in [0.717, 1.165) is 35.7 Å². The molecule has 0 heterocycles. The SMILES string of the molecule is CCc1ccc(CN(C)C(=O)CNS(=O)(=O)c2cccc(C(F)(F)F)c2)cc1. The number of likely N-dealkylation sites (N-methyl/N-ethyl adjacent to an activating group) is 1. The number of hydrogen-bond acceptors (Lipinski definition) is 3. The van der Waals surface area contributed by atoms with Gasteiger partial charge in [0.25, 0.3) is 0 Å². The Hall–Kier alpha value is -2.39. The maximum Gasteiger partial charge on any atom is 0.416 e. The standard InChI is InChI=1S/C19H21F3N2O3S/c1-3-14-7-9-15(10-8-14)13-24(2)18(25)12-23-28(26,27)17-6-4-5-16(11-17)19(20,21)22/h4-11,23H,3,12-13H2,1-2H3. The molecular weight excluding hydrogens is 393 g/mol. The Kier molecular flexibility index (Phi) is 6.84. The minimum atomic E-state index is -4.66. The molecule has 0 aliphatic heterocycles. The minimum absolute atomic E-state index is 0.286. The van der Waals surface area contributed by atoms with Gasteiger partial charge < -0.3 is 4.90 Å². The predicted octanol–water partition coefficient (Wildman–Crippen LogP) is 3.20. The van der Waals surface area contributed by atoms with Crippen molar-refractivity contribution in [1.29, 1.82) is 0 Å². The Morgan fingerprint density at radius 2 is 1.68 bits per heavy atom. The number of halogens is 3. The zero-order valence-corrected chi connectivity index (χ0v) is 16.3. The van der Waals surface area contributed by atoms with Gasteiger partial charge in [0.15, 0.2) is 0 Å². The lowest BCUT2D eigenvalue weighted by molar-refractivity contribution is -0.137. The summed E-state index contributed by atoms with van der Waals surface area (Å²) in [5, 5.41) is 0. The minimum Gasteiger partial charge on any atom is -0.340 e. The van der Waals surface area contributed by atoms with Crippen LogP contribution in [0.4, 0.5) is 13.2 Å². The van der Waals surface area contributed by atoms with Gasteiger partial charge in [-0.2, -0.15) is 13.2 Å². The highest BCUT2D eigenvalue weighted by atomic mass is 32.2. The molecule has 1 amide bonds.